The average molecular weight is 174 g/mol. The van der Waals surface area contributed by atoms with Gasteiger partial charge in [0.1, 0.15) is 0 Å². The highest BCUT2D eigenvalue weighted by Crippen LogP contribution is 2.15. The molecule has 0 amide bonds. The molecule has 0 fully saturated rings. The molecule has 11 heavy (non-hydrogen) atoms. The van der Waals surface area contributed by atoms with E-state index in [1.807, 2.05) is 4.90 Å². The lowest BCUT2D eigenvalue weighted by molar-refractivity contribution is 0.197. The van der Waals surface area contributed by atoms with Crippen LogP contribution < -0.4 is 5.73 Å². The maximum atomic E-state index is 5.58. The lowest BCUT2D eigenvalue weighted by atomic mass is 10.0. The average Bonchev–Trinajstić information content (AvgIpc) is 1.54. The van der Waals surface area contributed by atoms with Gasteiger partial charge in [0.15, 0.2) is 5.11 Å². The molecule has 0 aromatic rings. The van der Waals surface area contributed by atoms with E-state index >= 15 is 0 Å². The maximum absolute atomic E-state index is 5.58. The lowest BCUT2D eigenvalue weighted by Gasteiger charge is -2.39. The highest BCUT2D eigenvalue weighted by Gasteiger charge is 2.24. The van der Waals surface area contributed by atoms with Gasteiger partial charge in [-0.3, -0.25) is 0 Å². The lowest BCUT2D eigenvalue weighted by Crippen LogP contribution is -2.51. The fraction of sp³-hybridized carbons (Fsp3) is 0.875. The summed E-state index contributed by atoms with van der Waals surface area (Å²) in [5.41, 5.74) is 5.61. The summed E-state index contributed by atoms with van der Waals surface area (Å²) < 4.78 is 0. The molecule has 0 saturated heterocycles. The third-order valence-electron chi connectivity index (χ3n) is 1.48. The molecule has 0 radical (unpaired) electrons. The Labute approximate surface area is 74.8 Å². The van der Waals surface area contributed by atoms with E-state index < -0.39 is 0 Å². The van der Waals surface area contributed by atoms with Crippen LogP contribution in [0.25, 0.3) is 0 Å². The number of hydrogen-bond acceptors (Lipinski definition) is 1. The summed E-state index contributed by atoms with van der Waals surface area (Å²) in [4.78, 5) is 2.03. The fourth-order valence-electron chi connectivity index (χ4n) is 1.36. The summed E-state index contributed by atoms with van der Waals surface area (Å²) in [5.74, 6) is 0. The molecule has 66 valence electrons. The second-order valence-corrected chi connectivity index (χ2v) is 4.39. The number of hydrogen-bond donors (Lipinski definition) is 1. The summed E-state index contributed by atoms with van der Waals surface area (Å²) in [6.07, 6.45) is 0. The standard InChI is InChI=1S/C8H18N2S/c1-6(2)10(7(9)11)8(3,4)5/h6H,1-5H3,(H2,9,11). The predicted molar refractivity (Wildman–Crippen MR) is 53.5 cm³/mol. The van der Waals surface area contributed by atoms with E-state index in [9.17, 15) is 0 Å². The first-order chi connectivity index (χ1) is 4.76. The summed E-state index contributed by atoms with van der Waals surface area (Å²) in [6, 6.07) is 0.368. The van der Waals surface area contributed by atoms with Crippen LogP contribution in [0.3, 0.4) is 0 Å². The van der Waals surface area contributed by atoms with Crippen LogP contribution in [-0.4, -0.2) is 21.6 Å². The SMILES string of the molecule is CC(C)N(C(N)=S)C(C)(C)C. The van der Waals surface area contributed by atoms with E-state index in [2.05, 4.69) is 34.6 Å². The van der Waals surface area contributed by atoms with Gasteiger partial charge in [0.2, 0.25) is 0 Å². The van der Waals surface area contributed by atoms with E-state index in [0.717, 1.165) is 0 Å². The van der Waals surface area contributed by atoms with Crippen LogP contribution >= 0.6 is 12.2 Å². The second kappa shape index (κ2) is 3.39. The third-order valence-corrected chi connectivity index (χ3v) is 1.67. The zero-order chi connectivity index (χ0) is 9.23. The Kier molecular flexibility index (Phi) is 3.30. The highest BCUT2D eigenvalue weighted by molar-refractivity contribution is 7.80. The maximum Gasteiger partial charge on any atom is 0.166 e. The first kappa shape index (κ1) is 10.7. The molecule has 0 aliphatic heterocycles. The Morgan fingerprint density at radius 2 is 1.73 bits per heavy atom. The normalized spacial score (nSPS) is 11.8. The number of rotatable bonds is 1. The van der Waals surface area contributed by atoms with Crippen LogP contribution in [0.1, 0.15) is 34.6 Å². The largest absolute Gasteiger partial charge is 0.376 e. The molecule has 2 N–H and O–H groups in total. The molecule has 0 aliphatic carbocycles. The van der Waals surface area contributed by atoms with Gasteiger partial charge in [0, 0.05) is 11.6 Å². The first-order valence-electron chi connectivity index (χ1n) is 3.85. The van der Waals surface area contributed by atoms with Gasteiger partial charge < -0.3 is 10.6 Å². The number of nitrogens with two attached hydrogens (primary N) is 1. The zero-order valence-electron chi connectivity index (χ0n) is 8.01. The topological polar surface area (TPSA) is 29.3 Å². The Morgan fingerprint density at radius 3 is 1.73 bits per heavy atom. The molecular weight excluding hydrogens is 156 g/mol. The van der Waals surface area contributed by atoms with Crippen molar-refractivity contribution in [2.45, 2.75) is 46.2 Å². The minimum Gasteiger partial charge on any atom is -0.376 e. The molecule has 0 spiro atoms. The van der Waals surface area contributed by atoms with Crippen molar-refractivity contribution in [1.29, 1.82) is 0 Å². The Bertz CT molecular complexity index is 147. The summed E-state index contributed by atoms with van der Waals surface area (Å²) in [7, 11) is 0. The zero-order valence-corrected chi connectivity index (χ0v) is 8.83. The van der Waals surface area contributed by atoms with Crippen molar-refractivity contribution in [3.63, 3.8) is 0 Å². The molecule has 3 heteroatoms. The third kappa shape index (κ3) is 3.06. The van der Waals surface area contributed by atoms with Crippen molar-refractivity contribution >= 4 is 17.3 Å². The summed E-state index contributed by atoms with van der Waals surface area (Å²) in [6.45, 7) is 10.5. The molecule has 0 heterocycles. The molecule has 0 atom stereocenters. The molecule has 0 saturated carbocycles. The molecule has 0 unspecified atom stereocenters. The first-order valence-corrected chi connectivity index (χ1v) is 4.26. The van der Waals surface area contributed by atoms with E-state index in [1.165, 1.54) is 0 Å². The van der Waals surface area contributed by atoms with Gasteiger partial charge in [-0.25, -0.2) is 0 Å². The van der Waals surface area contributed by atoms with Crippen molar-refractivity contribution in [1.82, 2.24) is 4.90 Å². The van der Waals surface area contributed by atoms with Crippen LogP contribution in [0.5, 0.6) is 0 Å². The molecule has 0 aromatic carbocycles. The van der Waals surface area contributed by atoms with E-state index in [-0.39, 0.29) is 5.54 Å². The van der Waals surface area contributed by atoms with E-state index in [0.29, 0.717) is 11.2 Å². The minimum atomic E-state index is 0.0278. The molecule has 0 aliphatic rings. The smallest absolute Gasteiger partial charge is 0.166 e. The van der Waals surface area contributed by atoms with Gasteiger partial charge in [-0.15, -0.1) is 0 Å². The van der Waals surface area contributed by atoms with Gasteiger partial charge in [-0.1, -0.05) is 0 Å². The molecule has 0 aromatic heterocycles. The van der Waals surface area contributed by atoms with E-state index in [1.54, 1.807) is 0 Å². The van der Waals surface area contributed by atoms with Crippen LogP contribution in [0.2, 0.25) is 0 Å². The fourth-order valence-corrected chi connectivity index (χ4v) is 1.84. The van der Waals surface area contributed by atoms with E-state index in [4.69, 9.17) is 18.0 Å². The minimum absolute atomic E-state index is 0.0278. The Balaban J connectivity index is 4.49. The quantitative estimate of drug-likeness (QED) is 0.614. The predicted octanol–water partition coefficient (Wildman–Crippen LogP) is 1.74. The molecule has 2 nitrogen and oxygen atoms in total. The van der Waals surface area contributed by atoms with Crippen LogP contribution in [0, 0.1) is 0 Å². The van der Waals surface area contributed by atoms with Crippen molar-refractivity contribution in [2.75, 3.05) is 0 Å². The summed E-state index contributed by atoms with van der Waals surface area (Å²) >= 11 is 4.95. The van der Waals surface area contributed by atoms with Crippen LogP contribution in [0.4, 0.5) is 0 Å². The van der Waals surface area contributed by atoms with Crippen molar-refractivity contribution in [3.05, 3.63) is 0 Å². The van der Waals surface area contributed by atoms with Gasteiger partial charge in [-0.05, 0) is 46.8 Å². The molecule has 0 rings (SSSR count). The van der Waals surface area contributed by atoms with Gasteiger partial charge >= 0.3 is 0 Å². The molecule has 0 bridgehead atoms. The Morgan fingerprint density at radius 1 is 1.36 bits per heavy atom. The highest BCUT2D eigenvalue weighted by atomic mass is 32.1. The van der Waals surface area contributed by atoms with Crippen molar-refractivity contribution in [3.8, 4) is 0 Å². The van der Waals surface area contributed by atoms with Gasteiger partial charge in [0.05, 0.1) is 0 Å². The molecular formula is C8H18N2S. The monoisotopic (exact) mass is 174 g/mol. The second-order valence-electron chi connectivity index (χ2n) is 3.97. The van der Waals surface area contributed by atoms with Gasteiger partial charge in [-0.2, -0.15) is 0 Å². The number of nitrogens with zero attached hydrogens (tertiary/aromatic N) is 1. The number of thiocarbonyl (C=S) groups is 1. The van der Waals surface area contributed by atoms with Gasteiger partial charge in [0.25, 0.3) is 0 Å². The van der Waals surface area contributed by atoms with Crippen molar-refractivity contribution in [2.24, 2.45) is 5.73 Å². The van der Waals surface area contributed by atoms with Crippen LogP contribution in [-0.2, 0) is 0 Å². The summed E-state index contributed by atoms with van der Waals surface area (Å²) in [5, 5.41) is 0.479. The Hall–Kier alpha value is -0.310. The van der Waals surface area contributed by atoms with Crippen LogP contribution in [0.15, 0.2) is 0 Å². The van der Waals surface area contributed by atoms with Crippen molar-refractivity contribution < 1.29 is 0 Å².